The number of amides is 2. The molecule has 0 aliphatic rings. The summed E-state index contributed by atoms with van der Waals surface area (Å²) in [7, 11) is 0. The second kappa shape index (κ2) is 9.87. The maximum Gasteiger partial charge on any atom is 0.305 e. The fourth-order valence-electron chi connectivity index (χ4n) is 3.15. The van der Waals surface area contributed by atoms with Gasteiger partial charge in [-0.2, -0.15) is 0 Å². The molecular weight excluding hydrogens is 368 g/mol. The molecule has 2 rings (SSSR count). The van der Waals surface area contributed by atoms with Crippen molar-refractivity contribution in [3.05, 3.63) is 64.7 Å². The van der Waals surface area contributed by atoms with E-state index in [2.05, 4.69) is 10.6 Å². The summed E-state index contributed by atoms with van der Waals surface area (Å²) in [5.74, 6) is -1.16. The van der Waals surface area contributed by atoms with E-state index in [-0.39, 0.29) is 24.2 Å². The Bertz CT molecular complexity index is 906. The van der Waals surface area contributed by atoms with Crippen molar-refractivity contribution in [2.24, 2.45) is 5.92 Å². The Kier molecular flexibility index (Phi) is 7.53. The molecule has 0 aromatic heterocycles. The number of carbonyl (C=O) groups is 3. The fourth-order valence-corrected chi connectivity index (χ4v) is 3.15. The quantitative estimate of drug-likeness (QED) is 0.622. The highest BCUT2D eigenvalue weighted by molar-refractivity contribution is 5.97. The molecule has 0 radical (unpaired) electrons. The SMILES string of the molecule is Cc1cc(C(=O)NC(CC(=O)O)c2ccccc2C)ccc1NC(=O)CC(C)C. The third kappa shape index (κ3) is 6.45. The first kappa shape index (κ1) is 22.1. The maximum atomic E-state index is 12.8. The average Bonchev–Trinajstić information content (AvgIpc) is 2.62. The molecule has 0 saturated carbocycles. The first-order valence-corrected chi connectivity index (χ1v) is 9.66. The molecule has 0 saturated heterocycles. The van der Waals surface area contributed by atoms with E-state index in [0.29, 0.717) is 17.7 Å². The van der Waals surface area contributed by atoms with Gasteiger partial charge in [0, 0.05) is 17.7 Å². The van der Waals surface area contributed by atoms with E-state index in [4.69, 9.17) is 0 Å². The van der Waals surface area contributed by atoms with E-state index in [9.17, 15) is 19.5 Å². The molecule has 0 fully saturated rings. The van der Waals surface area contributed by atoms with Crippen molar-refractivity contribution in [2.75, 3.05) is 5.32 Å². The van der Waals surface area contributed by atoms with Crippen molar-refractivity contribution >= 4 is 23.5 Å². The zero-order valence-electron chi connectivity index (χ0n) is 17.3. The van der Waals surface area contributed by atoms with Gasteiger partial charge < -0.3 is 15.7 Å². The number of aryl methyl sites for hydroxylation is 2. The highest BCUT2D eigenvalue weighted by atomic mass is 16.4. The van der Waals surface area contributed by atoms with Crippen LogP contribution in [0, 0.1) is 19.8 Å². The highest BCUT2D eigenvalue weighted by Gasteiger charge is 2.20. The zero-order chi connectivity index (χ0) is 21.6. The van der Waals surface area contributed by atoms with Gasteiger partial charge in [0.15, 0.2) is 0 Å². The van der Waals surface area contributed by atoms with Crippen LogP contribution in [-0.4, -0.2) is 22.9 Å². The van der Waals surface area contributed by atoms with Crippen LogP contribution >= 0.6 is 0 Å². The molecule has 0 aliphatic heterocycles. The third-order valence-electron chi connectivity index (χ3n) is 4.60. The minimum absolute atomic E-state index is 0.0682. The summed E-state index contributed by atoms with van der Waals surface area (Å²) in [6, 6.07) is 11.8. The third-order valence-corrected chi connectivity index (χ3v) is 4.60. The van der Waals surface area contributed by atoms with Crippen LogP contribution in [0.15, 0.2) is 42.5 Å². The minimum Gasteiger partial charge on any atom is -0.481 e. The summed E-state index contributed by atoms with van der Waals surface area (Å²) in [4.78, 5) is 36.0. The second-order valence-electron chi connectivity index (χ2n) is 7.66. The minimum atomic E-state index is -0.988. The number of anilines is 1. The lowest BCUT2D eigenvalue weighted by Crippen LogP contribution is -2.30. The summed E-state index contributed by atoms with van der Waals surface area (Å²) >= 11 is 0. The Hall–Kier alpha value is -3.15. The molecular formula is C23H28N2O4. The standard InChI is InChI=1S/C23H28N2O4/c1-14(2)11-21(26)24-19-10-9-17(12-16(19)4)23(29)25-20(13-22(27)28)18-8-6-5-7-15(18)3/h5-10,12,14,20H,11,13H2,1-4H3,(H,24,26)(H,25,29)(H,27,28). The van der Waals surface area contributed by atoms with Crippen LogP contribution in [0.4, 0.5) is 5.69 Å². The Morgan fingerprint density at radius 2 is 1.66 bits per heavy atom. The molecule has 0 heterocycles. The Labute approximate surface area is 171 Å². The molecule has 3 N–H and O–H groups in total. The van der Waals surface area contributed by atoms with Gasteiger partial charge in [-0.05, 0) is 54.7 Å². The summed E-state index contributed by atoms with van der Waals surface area (Å²) in [6.07, 6.45) is 0.216. The Morgan fingerprint density at radius 1 is 0.966 bits per heavy atom. The first-order chi connectivity index (χ1) is 13.7. The van der Waals surface area contributed by atoms with Crippen molar-refractivity contribution in [2.45, 2.75) is 46.6 Å². The fraction of sp³-hybridized carbons (Fsp3) is 0.348. The molecule has 1 unspecified atom stereocenters. The lowest BCUT2D eigenvalue weighted by Gasteiger charge is -2.20. The Morgan fingerprint density at radius 3 is 2.24 bits per heavy atom. The number of aliphatic carboxylic acids is 1. The van der Waals surface area contributed by atoms with E-state index in [1.807, 2.05) is 52.0 Å². The number of nitrogens with one attached hydrogen (secondary N) is 2. The molecule has 2 aromatic carbocycles. The van der Waals surface area contributed by atoms with E-state index in [1.54, 1.807) is 18.2 Å². The number of carbonyl (C=O) groups excluding carboxylic acids is 2. The molecule has 0 aliphatic carbocycles. The van der Waals surface area contributed by atoms with Gasteiger partial charge in [0.2, 0.25) is 5.91 Å². The van der Waals surface area contributed by atoms with Gasteiger partial charge in [-0.1, -0.05) is 38.1 Å². The topological polar surface area (TPSA) is 95.5 Å². The number of carboxylic acids is 1. The number of rotatable bonds is 8. The normalized spacial score (nSPS) is 11.8. The summed E-state index contributed by atoms with van der Waals surface area (Å²) in [5.41, 5.74) is 3.53. The maximum absolute atomic E-state index is 12.8. The van der Waals surface area contributed by atoms with Crippen LogP contribution in [0.25, 0.3) is 0 Å². The molecule has 6 heteroatoms. The van der Waals surface area contributed by atoms with E-state index < -0.39 is 12.0 Å². The van der Waals surface area contributed by atoms with Crippen LogP contribution in [0.5, 0.6) is 0 Å². The van der Waals surface area contributed by atoms with Crippen molar-refractivity contribution in [1.29, 1.82) is 0 Å². The number of carboxylic acid groups (broad SMARTS) is 1. The van der Waals surface area contributed by atoms with Gasteiger partial charge in [0.05, 0.1) is 12.5 Å². The van der Waals surface area contributed by atoms with Crippen LogP contribution in [-0.2, 0) is 9.59 Å². The smallest absolute Gasteiger partial charge is 0.305 e. The predicted molar refractivity (Wildman–Crippen MR) is 113 cm³/mol. The van der Waals surface area contributed by atoms with Crippen molar-refractivity contribution in [1.82, 2.24) is 5.32 Å². The molecule has 2 amide bonds. The monoisotopic (exact) mass is 396 g/mol. The van der Waals surface area contributed by atoms with Crippen molar-refractivity contribution in [3.8, 4) is 0 Å². The summed E-state index contributed by atoms with van der Waals surface area (Å²) in [6.45, 7) is 7.65. The molecule has 6 nitrogen and oxygen atoms in total. The lowest BCUT2D eigenvalue weighted by atomic mass is 9.98. The van der Waals surface area contributed by atoms with Gasteiger partial charge in [-0.15, -0.1) is 0 Å². The summed E-state index contributed by atoms with van der Waals surface area (Å²) in [5, 5.41) is 14.9. The Balaban J connectivity index is 2.17. The van der Waals surface area contributed by atoms with Gasteiger partial charge in [0.25, 0.3) is 5.91 Å². The molecule has 2 aromatic rings. The number of benzene rings is 2. The van der Waals surface area contributed by atoms with Crippen molar-refractivity contribution < 1.29 is 19.5 Å². The van der Waals surface area contributed by atoms with E-state index >= 15 is 0 Å². The second-order valence-corrected chi connectivity index (χ2v) is 7.66. The van der Waals surface area contributed by atoms with Gasteiger partial charge >= 0.3 is 5.97 Å². The number of hydrogen-bond donors (Lipinski definition) is 3. The largest absolute Gasteiger partial charge is 0.481 e. The van der Waals surface area contributed by atoms with Crippen LogP contribution in [0.2, 0.25) is 0 Å². The molecule has 1 atom stereocenters. The molecule has 0 bridgehead atoms. The molecule has 154 valence electrons. The van der Waals surface area contributed by atoms with Crippen LogP contribution in [0.1, 0.15) is 59.8 Å². The highest BCUT2D eigenvalue weighted by Crippen LogP contribution is 2.23. The zero-order valence-corrected chi connectivity index (χ0v) is 17.3. The predicted octanol–water partition coefficient (Wildman–Crippen LogP) is 4.23. The first-order valence-electron chi connectivity index (χ1n) is 9.66. The van der Waals surface area contributed by atoms with Crippen molar-refractivity contribution in [3.63, 3.8) is 0 Å². The van der Waals surface area contributed by atoms with E-state index in [1.165, 1.54) is 0 Å². The summed E-state index contributed by atoms with van der Waals surface area (Å²) < 4.78 is 0. The van der Waals surface area contributed by atoms with Crippen LogP contribution in [0.3, 0.4) is 0 Å². The number of hydrogen-bond acceptors (Lipinski definition) is 3. The molecule has 29 heavy (non-hydrogen) atoms. The van der Waals surface area contributed by atoms with Gasteiger partial charge in [-0.3, -0.25) is 14.4 Å². The van der Waals surface area contributed by atoms with Gasteiger partial charge in [-0.25, -0.2) is 0 Å². The molecule has 0 spiro atoms. The van der Waals surface area contributed by atoms with E-state index in [0.717, 1.165) is 16.7 Å². The van der Waals surface area contributed by atoms with Crippen LogP contribution < -0.4 is 10.6 Å². The average molecular weight is 396 g/mol. The lowest BCUT2D eigenvalue weighted by molar-refractivity contribution is -0.137. The van der Waals surface area contributed by atoms with Gasteiger partial charge in [0.1, 0.15) is 0 Å².